The zero-order chi connectivity index (χ0) is 16.1. The molecule has 0 bridgehead atoms. The van der Waals surface area contributed by atoms with E-state index in [2.05, 4.69) is 10.2 Å². The Balaban J connectivity index is 2.20. The number of carbonyl (C=O) groups is 1. The first-order valence-electron chi connectivity index (χ1n) is 7.36. The molecule has 0 aliphatic carbocycles. The van der Waals surface area contributed by atoms with Gasteiger partial charge in [-0.1, -0.05) is 48.5 Å². The van der Waals surface area contributed by atoms with E-state index in [-0.39, 0.29) is 11.2 Å². The van der Waals surface area contributed by atoms with Crippen molar-refractivity contribution in [3.05, 3.63) is 29.8 Å². The standard InChI is InChI=1S/C16H21N3O2S/c1-5-13(15(20)21-6-2)22-16-18-17-14(19(16)4)12-9-7-11(3)8-10-12/h7-10,13H,5-6H2,1-4H3/t13-/m0/s1. The first kappa shape index (κ1) is 16.5. The van der Waals surface area contributed by atoms with Gasteiger partial charge in [-0.3, -0.25) is 4.79 Å². The van der Waals surface area contributed by atoms with Crippen LogP contribution in [0.1, 0.15) is 25.8 Å². The number of hydrogen-bond acceptors (Lipinski definition) is 5. The van der Waals surface area contributed by atoms with Crippen molar-refractivity contribution in [3.63, 3.8) is 0 Å². The van der Waals surface area contributed by atoms with Gasteiger partial charge in [0.2, 0.25) is 0 Å². The van der Waals surface area contributed by atoms with Gasteiger partial charge in [-0.15, -0.1) is 10.2 Å². The summed E-state index contributed by atoms with van der Waals surface area (Å²) in [7, 11) is 1.91. The maximum atomic E-state index is 11.9. The molecule has 0 aliphatic heterocycles. The van der Waals surface area contributed by atoms with Crippen LogP contribution in [0.15, 0.2) is 29.4 Å². The van der Waals surface area contributed by atoms with E-state index in [0.29, 0.717) is 13.0 Å². The van der Waals surface area contributed by atoms with Crippen LogP contribution in [0, 0.1) is 6.92 Å². The molecule has 0 aliphatic rings. The van der Waals surface area contributed by atoms with Crippen molar-refractivity contribution in [1.29, 1.82) is 0 Å². The monoisotopic (exact) mass is 319 g/mol. The van der Waals surface area contributed by atoms with Crippen LogP contribution < -0.4 is 0 Å². The average Bonchev–Trinajstić information content (AvgIpc) is 2.87. The number of rotatable bonds is 6. The van der Waals surface area contributed by atoms with Crippen molar-refractivity contribution in [2.45, 2.75) is 37.6 Å². The minimum absolute atomic E-state index is 0.199. The molecule has 6 heteroatoms. The van der Waals surface area contributed by atoms with Crippen LogP contribution in [-0.2, 0) is 16.6 Å². The molecule has 0 fully saturated rings. The Morgan fingerprint density at radius 1 is 1.27 bits per heavy atom. The Labute approximate surface area is 135 Å². The Kier molecular flexibility index (Phi) is 5.60. The number of thioether (sulfide) groups is 1. The normalized spacial score (nSPS) is 12.2. The van der Waals surface area contributed by atoms with Gasteiger partial charge in [0.15, 0.2) is 11.0 Å². The van der Waals surface area contributed by atoms with Crippen molar-refractivity contribution in [2.75, 3.05) is 6.61 Å². The largest absolute Gasteiger partial charge is 0.465 e. The molecule has 2 aromatic rings. The lowest BCUT2D eigenvalue weighted by atomic mass is 10.1. The van der Waals surface area contributed by atoms with Gasteiger partial charge < -0.3 is 9.30 Å². The first-order chi connectivity index (χ1) is 10.6. The topological polar surface area (TPSA) is 57.0 Å². The summed E-state index contributed by atoms with van der Waals surface area (Å²) >= 11 is 1.40. The van der Waals surface area contributed by atoms with Gasteiger partial charge in [-0.25, -0.2) is 0 Å². The maximum absolute atomic E-state index is 11.9. The molecule has 0 radical (unpaired) electrons. The van der Waals surface area contributed by atoms with Gasteiger partial charge in [-0.2, -0.15) is 0 Å². The molecule has 0 amide bonds. The molecule has 1 heterocycles. The summed E-state index contributed by atoms with van der Waals surface area (Å²) in [5.74, 6) is 0.594. The molecule has 118 valence electrons. The Morgan fingerprint density at radius 2 is 1.95 bits per heavy atom. The van der Waals surface area contributed by atoms with Crippen LogP contribution in [0.5, 0.6) is 0 Å². The summed E-state index contributed by atoms with van der Waals surface area (Å²) in [6.45, 7) is 6.22. The fraction of sp³-hybridized carbons (Fsp3) is 0.438. The highest BCUT2D eigenvalue weighted by Crippen LogP contribution is 2.27. The number of nitrogens with zero attached hydrogens (tertiary/aromatic N) is 3. The third-order valence-electron chi connectivity index (χ3n) is 3.31. The Hall–Kier alpha value is -1.82. The van der Waals surface area contributed by atoms with Gasteiger partial charge >= 0.3 is 5.97 Å². The molecule has 0 saturated carbocycles. The molecule has 22 heavy (non-hydrogen) atoms. The van der Waals surface area contributed by atoms with E-state index < -0.39 is 0 Å². The molecule has 5 nitrogen and oxygen atoms in total. The highest BCUT2D eigenvalue weighted by molar-refractivity contribution is 8.00. The quantitative estimate of drug-likeness (QED) is 0.604. The lowest BCUT2D eigenvalue weighted by molar-refractivity contribution is -0.142. The van der Waals surface area contributed by atoms with E-state index >= 15 is 0 Å². The van der Waals surface area contributed by atoms with Gasteiger partial charge in [0.05, 0.1) is 6.61 Å². The number of esters is 1. The zero-order valence-electron chi connectivity index (χ0n) is 13.4. The molecular formula is C16H21N3O2S. The van der Waals surface area contributed by atoms with E-state index in [1.54, 1.807) is 0 Å². The smallest absolute Gasteiger partial charge is 0.319 e. The van der Waals surface area contributed by atoms with E-state index in [1.807, 2.05) is 56.7 Å². The lowest BCUT2D eigenvalue weighted by Crippen LogP contribution is -2.20. The van der Waals surface area contributed by atoms with Gasteiger partial charge in [0.1, 0.15) is 5.25 Å². The van der Waals surface area contributed by atoms with Crippen molar-refractivity contribution < 1.29 is 9.53 Å². The number of aromatic nitrogens is 3. The highest BCUT2D eigenvalue weighted by atomic mass is 32.2. The summed E-state index contributed by atoms with van der Waals surface area (Å²) in [6.07, 6.45) is 0.691. The van der Waals surface area contributed by atoms with Crippen LogP contribution in [0.2, 0.25) is 0 Å². The summed E-state index contributed by atoms with van der Waals surface area (Å²) in [6, 6.07) is 8.14. The van der Waals surface area contributed by atoms with Gasteiger partial charge in [0, 0.05) is 12.6 Å². The molecule has 0 spiro atoms. The van der Waals surface area contributed by atoms with Gasteiger partial charge in [0.25, 0.3) is 0 Å². The molecule has 0 saturated heterocycles. The third-order valence-corrected chi connectivity index (χ3v) is 4.69. The van der Waals surface area contributed by atoms with E-state index in [1.165, 1.54) is 17.3 Å². The van der Waals surface area contributed by atoms with Crippen molar-refractivity contribution in [3.8, 4) is 11.4 Å². The molecule has 0 unspecified atom stereocenters. The molecular weight excluding hydrogens is 298 g/mol. The van der Waals surface area contributed by atoms with Crippen molar-refractivity contribution in [2.24, 2.45) is 7.05 Å². The van der Waals surface area contributed by atoms with E-state index in [9.17, 15) is 4.79 Å². The SMILES string of the molecule is CCOC(=O)[C@H](CC)Sc1nnc(-c2ccc(C)cc2)n1C. The molecule has 1 aromatic carbocycles. The van der Waals surface area contributed by atoms with Crippen LogP contribution in [-0.4, -0.2) is 32.6 Å². The summed E-state index contributed by atoms with van der Waals surface area (Å²) in [5, 5.41) is 8.92. The Bertz CT molecular complexity index is 637. The fourth-order valence-corrected chi connectivity index (χ4v) is 2.95. The molecule has 1 atom stereocenters. The number of aryl methyl sites for hydroxylation is 1. The summed E-state index contributed by atoms with van der Waals surface area (Å²) in [4.78, 5) is 11.9. The van der Waals surface area contributed by atoms with Crippen LogP contribution >= 0.6 is 11.8 Å². The highest BCUT2D eigenvalue weighted by Gasteiger charge is 2.22. The van der Waals surface area contributed by atoms with Crippen molar-refractivity contribution >= 4 is 17.7 Å². The maximum Gasteiger partial charge on any atom is 0.319 e. The molecule has 2 rings (SSSR count). The first-order valence-corrected chi connectivity index (χ1v) is 8.24. The van der Waals surface area contributed by atoms with Crippen LogP contribution in [0.4, 0.5) is 0 Å². The summed E-state index contributed by atoms with van der Waals surface area (Å²) < 4.78 is 7.01. The fourth-order valence-electron chi connectivity index (χ4n) is 2.03. The van der Waals surface area contributed by atoms with E-state index in [0.717, 1.165) is 16.5 Å². The predicted octanol–water partition coefficient (Wildman–Crippen LogP) is 3.22. The number of hydrogen-bond donors (Lipinski definition) is 0. The van der Waals surface area contributed by atoms with E-state index in [4.69, 9.17) is 4.74 Å². The minimum Gasteiger partial charge on any atom is -0.465 e. The second-order valence-electron chi connectivity index (χ2n) is 5.00. The number of benzene rings is 1. The summed E-state index contributed by atoms with van der Waals surface area (Å²) in [5.41, 5.74) is 2.21. The van der Waals surface area contributed by atoms with Gasteiger partial charge in [-0.05, 0) is 20.3 Å². The second-order valence-corrected chi connectivity index (χ2v) is 6.17. The second kappa shape index (κ2) is 7.45. The number of carbonyl (C=O) groups excluding carboxylic acids is 1. The van der Waals surface area contributed by atoms with Crippen LogP contribution in [0.25, 0.3) is 11.4 Å². The van der Waals surface area contributed by atoms with Crippen molar-refractivity contribution in [1.82, 2.24) is 14.8 Å². The third kappa shape index (κ3) is 3.68. The average molecular weight is 319 g/mol. The molecule has 0 N–H and O–H groups in total. The van der Waals surface area contributed by atoms with Crippen LogP contribution in [0.3, 0.4) is 0 Å². The predicted molar refractivity (Wildman–Crippen MR) is 87.7 cm³/mol. The zero-order valence-corrected chi connectivity index (χ0v) is 14.2. The molecule has 1 aromatic heterocycles. The lowest BCUT2D eigenvalue weighted by Gasteiger charge is -2.12. The number of ether oxygens (including phenoxy) is 1. The Morgan fingerprint density at radius 3 is 2.55 bits per heavy atom. The minimum atomic E-state index is -0.256.